The molecule has 11 unspecified atom stereocenters. The van der Waals surface area contributed by atoms with Crippen molar-refractivity contribution in [2.24, 2.45) is 0 Å². The van der Waals surface area contributed by atoms with E-state index in [2.05, 4.69) is 56.4 Å². The van der Waals surface area contributed by atoms with E-state index in [1.54, 1.807) is 6.08 Å². The summed E-state index contributed by atoms with van der Waals surface area (Å²) in [5.74, 6) is -0.503. The molecule has 0 amide bonds. The van der Waals surface area contributed by atoms with Crippen molar-refractivity contribution < 1.29 is 69.0 Å². The number of esters is 1. The maximum atomic E-state index is 12.9. The van der Waals surface area contributed by atoms with E-state index in [0.29, 0.717) is 13.0 Å². The van der Waals surface area contributed by atoms with Crippen LogP contribution in [0.25, 0.3) is 0 Å². The highest BCUT2D eigenvalue weighted by Gasteiger charge is 2.47. The summed E-state index contributed by atoms with van der Waals surface area (Å²) in [6.07, 6.45) is 27.4. The molecule has 14 heteroatoms. The third-order valence-corrected chi connectivity index (χ3v) is 11.3. The van der Waals surface area contributed by atoms with E-state index in [-0.39, 0.29) is 19.6 Å². The van der Waals surface area contributed by atoms with Crippen LogP contribution in [0.4, 0.5) is 0 Å². The summed E-state index contributed by atoms with van der Waals surface area (Å²) in [6, 6.07) is 0. The Hall–Kier alpha value is -2.31. The molecule has 64 heavy (non-hydrogen) atoms. The van der Waals surface area contributed by atoms with Crippen LogP contribution in [-0.2, 0) is 33.2 Å². The summed E-state index contributed by atoms with van der Waals surface area (Å²) in [5.41, 5.74) is 0. The number of rotatable bonds is 37. The lowest BCUT2D eigenvalue weighted by Gasteiger charge is -2.42. The highest BCUT2D eigenvalue weighted by molar-refractivity contribution is 5.71. The van der Waals surface area contributed by atoms with Crippen LogP contribution in [0.5, 0.6) is 0 Å². The second-order valence-electron chi connectivity index (χ2n) is 16.9. The second-order valence-corrected chi connectivity index (χ2v) is 16.9. The molecule has 0 saturated carbocycles. The molecule has 0 aromatic heterocycles. The van der Waals surface area contributed by atoms with Crippen molar-refractivity contribution in [3.8, 4) is 0 Å². The number of aliphatic hydroxyl groups excluding tert-OH is 7. The lowest BCUT2D eigenvalue weighted by Crippen LogP contribution is -2.61. The zero-order valence-corrected chi connectivity index (χ0v) is 39.0. The van der Waals surface area contributed by atoms with Gasteiger partial charge in [-0.05, 0) is 38.5 Å². The highest BCUT2D eigenvalue weighted by atomic mass is 16.7. The molecule has 7 N–H and O–H groups in total. The Balaban J connectivity index is 1.83. The van der Waals surface area contributed by atoms with Crippen LogP contribution in [0.15, 0.2) is 60.8 Å². The molecule has 2 aliphatic heterocycles. The van der Waals surface area contributed by atoms with Crippen molar-refractivity contribution in [1.29, 1.82) is 0 Å². The number of allylic oxidation sites excluding steroid dienone is 9. The number of hydrogen-bond donors (Lipinski definition) is 7. The number of carbonyl (C=O) groups excluding carboxylic acids is 1. The van der Waals surface area contributed by atoms with Gasteiger partial charge >= 0.3 is 5.97 Å². The molecule has 0 bridgehead atoms. The minimum absolute atomic E-state index is 0.0215. The maximum absolute atomic E-state index is 12.9. The molecule has 370 valence electrons. The van der Waals surface area contributed by atoms with E-state index >= 15 is 0 Å². The zero-order valence-electron chi connectivity index (χ0n) is 39.0. The second kappa shape index (κ2) is 37.7. The third-order valence-electron chi connectivity index (χ3n) is 11.3. The summed E-state index contributed by atoms with van der Waals surface area (Å²) in [6.45, 7) is 3.44. The topological polar surface area (TPSA) is 214 Å². The zero-order chi connectivity index (χ0) is 46.6. The van der Waals surface area contributed by atoms with Gasteiger partial charge in [-0.15, -0.1) is 0 Å². The Morgan fingerprint density at radius 2 is 0.953 bits per heavy atom. The number of carbonyl (C=O) groups is 1. The Morgan fingerprint density at radius 3 is 1.45 bits per heavy atom. The van der Waals surface area contributed by atoms with Crippen LogP contribution >= 0.6 is 0 Å². The third kappa shape index (κ3) is 25.6. The average molecular weight is 911 g/mol. The van der Waals surface area contributed by atoms with Crippen LogP contribution < -0.4 is 0 Å². The number of hydrogen-bond acceptors (Lipinski definition) is 14. The molecule has 0 radical (unpaired) electrons. The largest absolute Gasteiger partial charge is 0.457 e. The predicted molar refractivity (Wildman–Crippen MR) is 247 cm³/mol. The first-order valence-electron chi connectivity index (χ1n) is 24.4. The molecule has 0 aromatic rings. The molecular formula is C50H86O14. The normalized spacial score (nSPS) is 27.3. The van der Waals surface area contributed by atoms with Gasteiger partial charge in [-0.1, -0.05) is 164 Å². The van der Waals surface area contributed by atoms with Gasteiger partial charge in [0.2, 0.25) is 0 Å². The van der Waals surface area contributed by atoms with Crippen molar-refractivity contribution in [1.82, 2.24) is 0 Å². The molecule has 2 fully saturated rings. The average Bonchev–Trinajstić information content (AvgIpc) is 3.29. The number of ether oxygens (including phenoxy) is 6. The Kier molecular flexibility index (Phi) is 34.1. The molecule has 2 rings (SSSR count). The summed E-state index contributed by atoms with van der Waals surface area (Å²) in [4.78, 5) is 12.9. The van der Waals surface area contributed by atoms with Gasteiger partial charge in [-0.2, -0.15) is 0 Å². The lowest BCUT2D eigenvalue weighted by molar-refractivity contribution is -0.332. The van der Waals surface area contributed by atoms with E-state index in [9.17, 15) is 40.5 Å². The monoisotopic (exact) mass is 911 g/mol. The van der Waals surface area contributed by atoms with Crippen LogP contribution in [0, 0.1) is 0 Å². The highest BCUT2D eigenvalue weighted by Crippen LogP contribution is 2.26. The first-order chi connectivity index (χ1) is 31.1. The molecule has 0 aliphatic carbocycles. The fourth-order valence-electron chi connectivity index (χ4n) is 7.36. The van der Waals surface area contributed by atoms with Gasteiger partial charge in [0.15, 0.2) is 12.6 Å². The van der Waals surface area contributed by atoms with E-state index in [4.69, 9.17) is 28.4 Å². The molecule has 0 spiro atoms. The Morgan fingerprint density at radius 1 is 0.516 bits per heavy atom. The van der Waals surface area contributed by atoms with E-state index in [0.717, 1.165) is 44.9 Å². The molecule has 0 aromatic carbocycles. The standard InChI is InChI=1S/C50H86O14/c1-3-5-7-9-11-13-15-17-19-21-23-25-27-29-31-33-42(52)62-39(36-59-34-32-30-28-26-24-22-20-18-16-14-12-10-8-6-4-2)37-60-49-48(58)46(56)44(54)41(64-49)38-61-50-47(57)45(55)43(53)40(35-51)63-50/h5,7,11,13,17,19,23,25,29,31,39-41,43-51,53-58H,3-4,6,8-10,12,14-16,18,20-22,24,26-28,30,32-38H2,1-2H3/b7-5-,13-11-,19-17-,25-23-,31-29-. The van der Waals surface area contributed by atoms with Gasteiger partial charge in [-0.25, -0.2) is 0 Å². The van der Waals surface area contributed by atoms with Gasteiger partial charge in [0.25, 0.3) is 0 Å². The quantitative estimate of drug-likeness (QED) is 0.0200. The van der Waals surface area contributed by atoms with Gasteiger partial charge < -0.3 is 64.2 Å². The molecule has 2 saturated heterocycles. The van der Waals surface area contributed by atoms with Crippen LogP contribution in [0.1, 0.15) is 149 Å². The molecule has 2 aliphatic rings. The van der Waals surface area contributed by atoms with E-state index in [1.807, 2.05) is 12.2 Å². The van der Waals surface area contributed by atoms with Gasteiger partial charge in [0, 0.05) is 6.61 Å². The van der Waals surface area contributed by atoms with E-state index in [1.165, 1.54) is 77.0 Å². The Labute approximate surface area is 384 Å². The minimum atomic E-state index is -1.72. The molecule has 14 nitrogen and oxygen atoms in total. The van der Waals surface area contributed by atoms with Crippen molar-refractivity contribution >= 4 is 5.97 Å². The van der Waals surface area contributed by atoms with Crippen LogP contribution in [-0.4, -0.2) is 142 Å². The van der Waals surface area contributed by atoms with Crippen molar-refractivity contribution in [2.75, 3.05) is 33.0 Å². The molecule has 2 heterocycles. The number of aliphatic hydroxyl groups is 7. The predicted octanol–water partition coefficient (Wildman–Crippen LogP) is 6.57. The first kappa shape index (κ1) is 57.8. The van der Waals surface area contributed by atoms with Gasteiger partial charge in [0.1, 0.15) is 54.9 Å². The fourth-order valence-corrected chi connectivity index (χ4v) is 7.36. The Bertz CT molecular complexity index is 1290. The summed E-state index contributed by atoms with van der Waals surface area (Å²) < 4.78 is 34.1. The first-order valence-corrected chi connectivity index (χ1v) is 24.4. The minimum Gasteiger partial charge on any atom is -0.457 e. The molecular weight excluding hydrogens is 825 g/mol. The summed E-state index contributed by atoms with van der Waals surface area (Å²) in [7, 11) is 0. The van der Waals surface area contributed by atoms with Crippen molar-refractivity contribution in [3.63, 3.8) is 0 Å². The van der Waals surface area contributed by atoms with Gasteiger partial charge in [-0.3, -0.25) is 4.79 Å². The number of unbranched alkanes of at least 4 members (excludes halogenated alkanes) is 14. The van der Waals surface area contributed by atoms with Crippen LogP contribution in [0.3, 0.4) is 0 Å². The summed E-state index contributed by atoms with van der Waals surface area (Å²) in [5, 5.41) is 72.0. The van der Waals surface area contributed by atoms with Gasteiger partial charge in [0.05, 0.1) is 32.8 Å². The van der Waals surface area contributed by atoms with Crippen molar-refractivity contribution in [2.45, 2.75) is 216 Å². The lowest BCUT2D eigenvalue weighted by atomic mass is 9.98. The maximum Gasteiger partial charge on any atom is 0.310 e. The van der Waals surface area contributed by atoms with Crippen LogP contribution in [0.2, 0.25) is 0 Å². The van der Waals surface area contributed by atoms with E-state index < -0.39 is 86.7 Å². The summed E-state index contributed by atoms with van der Waals surface area (Å²) >= 11 is 0. The van der Waals surface area contributed by atoms with Crippen molar-refractivity contribution in [3.05, 3.63) is 60.8 Å². The smallest absolute Gasteiger partial charge is 0.310 e. The fraction of sp³-hybridized carbons (Fsp3) is 0.780. The molecule has 11 atom stereocenters. The SMILES string of the molecule is CC/C=C\C/C=C\C/C=C\C/C=C\C/C=C\CC(=O)OC(COCCCCCCCCCCCCCCCCC)COC1OC(COC2OC(CO)C(O)C(O)C2O)C(O)C(O)C1O.